The maximum atomic E-state index is 12.2. The lowest BCUT2D eigenvalue weighted by atomic mass is 9.92. The van der Waals surface area contributed by atoms with E-state index in [1.54, 1.807) is 36.3 Å². The van der Waals surface area contributed by atoms with Crippen molar-refractivity contribution in [3.8, 4) is 11.5 Å². The molecule has 0 N–H and O–H groups in total. The molecule has 0 radical (unpaired) electrons. The number of ether oxygens (including phenoxy) is 3. The number of likely N-dealkylation sites (tertiary alicyclic amines) is 1. The molecule has 1 aliphatic rings. The van der Waals surface area contributed by atoms with Crippen LogP contribution in [-0.4, -0.2) is 50.7 Å². The first-order valence-electron chi connectivity index (χ1n) is 8.78. The summed E-state index contributed by atoms with van der Waals surface area (Å²) in [4.78, 5) is 26.0. The quantitative estimate of drug-likeness (QED) is 0.576. The van der Waals surface area contributed by atoms with Crippen LogP contribution in [0.5, 0.6) is 11.5 Å². The summed E-state index contributed by atoms with van der Waals surface area (Å²) in [5.74, 6) is 1.33. The van der Waals surface area contributed by atoms with Gasteiger partial charge in [0.05, 0.1) is 14.2 Å². The number of hydrogen-bond donors (Lipinski definition) is 0. The number of esters is 1. The molecular formula is C20H27NO5. The average Bonchev–Trinajstić information content (AvgIpc) is 2.62. The van der Waals surface area contributed by atoms with Crippen LogP contribution >= 0.6 is 0 Å². The van der Waals surface area contributed by atoms with Crippen molar-refractivity contribution >= 4 is 18.0 Å². The van der Waals surface area contributed by atoms with Crippen LogP contribution in [0, 0.1) is 11.8 Å². The van der Waals surface area contributed by atoms with Crippen molar-refractivity contribution in [1.82, 2.24) is 4.90 Å². The van der Waals surface area contributed by atoms with E-state index >= 15 is 0 Å². The minimum atomic E-state index is -0.568. The molecule has 1 aromatic rings. The van der Waals surface area contributed by atoms with E-state index in [0.29, 0.717) is 28.9 Å². The molecule has 0 aromatic heterocycles. The van der Waals surface area contributed by atoms with Gasteiger partial charge in [-0.05, 0) is 30.4 Å². The van der Waals surface area contributed by atoms with E-state index in [1.807, 2.05) is 0 Å². The van der Waals surface area contributed by atoms with Crippen LogP contribution in [0.2, 0.25) is 0 Å². The fourth-order valence-corrected chi connectivity index (χ4v) is 3.34. The largest absolute Gasteiger partial charge is 0.493 e. The molecule has 1 aliphatic heterocycles. The first kappa shape index (κ1) is 19.8. The molecule has 0 bridgehead atoms. The first-order chi connectivity index (χ1) is 12.4. The Labute approximate surface area is 154 Å². The number of para-hydroxylation sites is 1. The summed E-state index contributed by atoms with van der Waals surface area (Å²) in [5.41, 5.74) is 0.689. The molecule has 0 spiro atoms. The first-order valence-corrected chi connectivity index (χ1v) is 8.78. The second-order valence-corrected chi connectivity index (χ2v) is 6.77. The summed E-state index contributed by atoms with van der Waals surface area (Å²) < 4.78 is 15.6. The van der Waals surface area contributed by atoms with Crippen LogP contribution in [0.15, 0.2) is 24.3 Å². The van der Waals surface area contributed by atoms with Crippen LogP contribution in [-0.2, 0) is 14.3 Å². The number of methoxy groups -OCH3 is 2. The number of benzene rings is 1. The summed E-state index contributed by atoms with van der Waals surface area (Å²) in [7, 11) is 3.08. The number of piperidine rings is 1. The summed E-state index contributed by atoms with van der Waals surface area (Å²) in [6.45, 7) is 5.46. The Morgan fingerprint density at radius 1 is 1.15 bits per heavy atom. The van der Waals surface area contributed by atoms with E-state index in [1.165, 1.54) is 13.2 Å². The van der Waals surface area contributed by atoms with Crippen molar-refractivity contribution < 1.29 is 23.8 Å². The van der Waals surface area contributed by atoms with Gasteiger partial charge >= 0.3 is 5.97 Å². The van der Waals surface area contributed by atoms with Crippen molar-refractivity contribution in [3.63, 3.8) is 0 Å². The highest BCUT2D eigenvalue weighted by molar-refractivity contribution is 5.90. The Balaban J connectivity index is 1.91. The highest BCUT2D eigenvalue weighted by Crippen LogP contribution is 2.31. The zero-order valence-electron chi connectivity index (χ0n) is 15.9. The van der Waals surface area contributed by atoms with Crippen LogP contribution in [0.3, 0.4) is 0 Å². The fraction of sp³-hybridized carbons (Fsp3) is 0.500. The van der Waals surface area contributed by atoms with Crippen LogP contribution in [0.25, 0.3) is 6.08 Å². The maximum Gasteiger partial charge on any atom is 0.331 e. The molecule has 2 rings (SSSR count). The van der Waals surface area contributed by atoms with E-state index in [0.717, 1.165) is 19.5 Å². The molecule has 1 amide bonds. The van der Waals surface area contributed by atoms with Crippen molar-refractivity contribution in [2.24, 2.45) is 11.8 Å². The fourth-order valence-electron chi connectivity index (χ4n) is 3.34. The van der Waals surface area contributed by atoms with Gasteiger partial charge in [-0.2, -0.15) is 0 Å². The molecule has 1 heterocycles. The summed E-state index contributed by atoms with van der Waals surface area (Å²) in [5, 5.41) is 0. The van der Waals surface area contributed by atoms with Crippen LogP contribution in [0.1, 0.15) is 25.8 Å². The third-order valence-electron chi connectivity index (χ3n) is 4.39. The number of hydrogen-bond acceptors (Lipinski definition) is 5. The molecule has 142 valence electrons. The monoisotopic (exact) mass is 361 g/mol. The van der Waals surface area contributed by atoms with Gasteiger partial charge in [-0.1, -0.05) is 26.0 Å². The second kappa shape index (κ2) is 9.27. The lowest BCUT2D eigenvalue weighted by Gasteiger charge is -2.34. The minimum Gasteiger partial charge on any atom is -0.493 e. The molecule has 0 unspecified atom stereocenters. The minimum absolute atomic E-state index is 0.149. The van der Waals surface area contributed by atoms with Gasteiger partial charge in [0.25, 0.3) is 5.91 Å². The Morgan fingerprint density at radius 2 is 1.85 bits per heavy atom. The standard InChI is InChI=1S/C20H27NO5/c1-14-10-15(2)12-21(11-14)18(22)13-26-19(23)9-8-16-6-5-7-17(24-3)20(16)25-4/h5-9,14-15H,10-13H2,1-4H3/b9-8+/t14-,15-/m0/s1. The number of nitrogens with zero attached hydrogens (tertiary/aromatic N) is 1. The van der Waals surface area contributed by atoms with E-state index in [2.05, 4.69) is 13.8 Å². The van der Waals surface area contributed by atoms with Crippen molar-refractivity contribution in [3.05, 3.63) is 29.8 Å². The summed E-state index contributed by atoms with van der Waals surface area (Å²) in [6, 6.07) is 5.37. The van der Waals surface area contributed by atoms with Crippen LogP contribution < -0.4 is 9.47 Å². The molecule has 0 aliphatic carbocycles. The van der Waals surface area contributed by atoms with Gasteiger partial charge in [0.2, 0.25) is 0 Å². The Bertz CT molecular complexity index is 660. The molecule has 1 aromatic carbocycles. The van der Waals surface area contributed by atoms with Crippen molar-refractivity contribution in [2.45, 2.75) is 20.3 Å². The number of amides is 1. The van der Waals surface area contributed by atoms with Gasteiger partial charge < -0.3 is 19.1 Å². The van der Waals surface area contributed by atoms with Gasteiger partial charge in [-0.3, -0.25) is 4.79 Å². The van der Waals surface area contributed by atoms with Gasteiger partial charge in [-0.25, -0.2) is 4.79 Å². The molecule has 6 heteroatoms. The number of carbonyl (C=O) groups is 2. The maximum absolute atomic E-state index is 12.2. The zero-order valence-corrected chi connectivity index (χ0v) is 15.9. The Kier molecular flexibility index (Phi) is 7.06. The summed E-state index contributed by atoms with van der Waals surface area (Å²) >= 11 is 0. The lowest BCUT2D eigenvalue weighted by Crippen LogP contribution is -2.44. The topological polar surface area (TPSA) is 65.1 Å². The molecular weight excluding hydrogens is 334 g/mol. The number of rotatable bonds is 6. The number of carbonyl (C=O) groups excluding carboxylic acids is 2. The molecule has 1 saturated heterocycles. The van der Waals surface area contributed by atoms with Gasteiger partial charge in [0, 0.05) is 24.7 Å². The average molecular weight is 361 g/mol. The lowest BCUT2D eigenvalue weighted by molar-refractivity contribution is -0.149. The van der Waals surface area contributed by atoms with Gasteiger partial charge in [-0.15, -0.1) is 0 Å². The third kappa shape index (κ3) is 5.25. The Hall–Kier alpha value is -2.50. The summed E-state index contributed by atoms with van der Waals surface area (Å²) in [6.07, 6.45) is 3.99. The molecule has 6 nitrogen and oxygen atoms in total. The third-order valence-corrected chi connectivity index (χ3v) is 4.39. The van der Waals surface area contributed by atoms with E-state index in [4.69, 9.17) is 14.2 Å². The molecule has 26 heavy (non-hydrogen) atoms. The molecule has 2 atom stereocenters. The van der Waals surface area contributed by atoms with E-state index in [9.17, 15) is 9.59 Å². The van der Waals surface area contributed by atoms with E-state index < -0.39 is 5.97 Å². The smallest absolute Gasteiger partial charge is 0.331 e. The second-order valence-electron chi connectivity index (χ2n) is 6.77. The normalized spacial score (nSPS) is 20.1. The predicted octanol–water partition coefficient (Wildman–Crippen LogP) is 2.76. The zero-order chi connectivity index (χ0) is 19.1. The molecule has 0 saturated carbocycles. The van der Waals surface area contributed by atoms with Gasteiger partial charge in [0.15, 0.2) is 18.1 Å². The highest BCUT2D eigenvalue weighted by Gasteiger charge is 2.25. The van der Waals surface area contributed by atoms with Crippen molar-refractivity contribution in [1.29, 1.82) is 0 Å². The van der Waals surface area contributed by atoms with Crippen molar-refractivity contribution in [2.75, 3.05) is 33.9 Å². The highest BCUT2D eigenvalue weighted by atomic mass is 16.5. The predicted molar refractivity (Wildman–Crippen MR) is 99.1 cm³/mol. The van der Waals surface area contributed by atoms with Crippen LogP contribution in [0.4, 0.5) is 0 Å². The van der Waals surface area contributed by atoms with Gasteiger partial charge in [0.1, 0.15) is 0 Å². The van der Waals surface area contributed by atoms with E-state index in [-0.39, 0.29) is 12.5 Å². The molecule has 1 fully saturated rings. The Morgan fingerprint density at radius 3 is 2.46 bits per heavy atom. The SMILES string of the molecule is COc1cccc(/C=C/C(=O)OCC(=O)N2C[C@@H](C)C[C@H](C)C2)c1OC.